The molecule has 1 aromatic rings. The van der Waals surface area contributed by atoms with E-state index in [1.54, 1.807) is 38.1 Å². The lowest BCUT2D eigenvalue weighted by atomic mass is 9.89. The Morgan fingerprint density at radius 2 is 1.70 bits per heavy atom. The average Bonchev–Trinajstić information content (AvgIpc) is 2.86. The summed E-state index contributed by atoms with van der Waals surface area (Å²) in [4.78, 5) is 37.0. The molecule has 2 amide bonds. The Morgan fingerprint density at radius 3 is 2.26 bits per heavy atom. The molecule has 0 radical (unpaired) electrons. The standard InChI is InChI=1S/C21H30N2O4/c1-15(22-13-12-21(2,3)20(26)27)9-5-4-8-14-23-18(24)16-10-6-7-11-17(16)19(23)25/h6-7,10-11,15,22H,4-5,8-9,12-14H2,1-3H3,(H,26,27). The van der Waals surface area contributed by atoms with Crippen LogP contribution in [0, 0.1) is 5.41 Å². The number of carbonyl (C=O) groups is 3. The van der Waals surface area contributed by atoms with Gasteiger partial charge in [-0.1, -0.05) is 25.0 Å². The maximum absolute atomic E-state index is 12.3. The molecule has 2 rings (SSSR count). The van der Waals surface area contributed by atoms with Crippen LogP contribution in [0.15, 0.2) is 24.3 Å². The zero-order valence-electron chi connectivity index (χ0n) is 16.5. The number of rotatable bonds is 11. The largest absolute Gasteiger partial charge is 0.481 e. The van der Waals surface area contributed by atoms with Gasteiger partial charge >= 0.3 is 5.97 Å². The minimum Gasteiger partial charge on any atom is -0.481 e. The quantitative estimate of drug-likeness (QED) is 0.458. The average molecular weight is 374 g/mol. The molecule has 2 N–H and O–H groups in total. The molecule has 0 spiro atoms. The van der Waals surface area contributed by atoms with Crippen molar-refractivity contribution in [1.29, 1.82) is 0 Å². The number of benzene rings is 1. The molecule has 0 saturated heterocycles. The summed E-state index contributed by atoms with van der Waals surface area (Å²) in [6.07, 6.45) is 4.31. The van der Waals surface area contributed by atoms with E-state index in [0.717, 1.165) is 25.7 Å². The number of hydrogen-bond acceptors (Lipinski definition) is 4. The van der Waals surface area contributed by atoms with Crippen LogP contribution in [0.5, 0.6) is 0 Å². The molecule has 0 bridgehead atoms. The Labute approximate surface area is 160 Å². The van der Waals surface area contributed by atoms with Crippen LogP contribution in [0.4, 0.5) is 0 Å². The first kappa shape index (κ1) is 21.1. The third-order valence-corrected chi connectivity index (χ3v) is 5.22. The maximum Gasteiger partial charge on any atom is 0.309 e. The van der Waals surface area contributed by atoms with Crippen LogP contribution in [0.3, 0.4) is 0 Å². The molecule has 148 valence electrons. The number of nitrogens with one attached hydrogen (secondary N) is 1. The lowest BCUT2D eigenvalue weighted by molar-refractivity contribution is -0.147. The van der Waals surface area contributed by atoms with E-state index in [-0.39, 0.29) is 11.8 Å². The number of imide groups is 1. The Balaban J connectivity index is 1.62. The lowest BCUT2D eigenvalue weighted by Gasteiger charge is -2.21. The first-order chi connectivity index (χ1) is 12.7. The fourth-order valence-electron chi connectivity index (χ4n) is 3.18. The number of fused-ring (bicyclic) bond motifs is 1. The van der Waals surface area contributed by atoms with Gasteiger partial charge in [0, 0.05) is 12.6 Å². The van der Waals surface area contributed by atoms with Crippen LogP contribution in [-0.4, -0.2) is 46.9 Å². The third kappa shape index (κ3) is 5.39. The highest BCUT2D eigenvalue weighted by molar-refractivity contribution is 6.21. The number of nitrogens with zero attached hydrogens (tertiary/aromatic N) is 1. The van der Waals surface area contributed by atoms with Crippen LogP contribution < -0.4 is 5.32 Å². The SMILES string of the molecule is CC(CCCCCN1C(=O)c2ccccc2C1=O)NCCC(C)(C)C(=O)O. The van der Waals surface area contributed by atoms with E-state index in [1.165, 1.54) is 4.90 Å². The summed E-state index contributed by atoms with van der Waals surface area (Å²) in [5, 5.41) is 12.5. The molecule has 0 aromatic heterocycles. The molecule has 1 aromatic carbocycles. The molecule has 1 heterocycles. The smallest absolute Gasteiger partial charge is 0.309 e. The molecule has 0 saturated carbocycles. The number of unbranched alkanes of at least 4 members (excludes halogenated alkanes) is 2. The molecule has 1 atom stereocenters. The number of amides is 2. The number of carboxylic acids is 1. The first-order valence-corrected chi connectivity index (χ1v) is 9.66. The fraction of sp³-hybridized carbons (Fsp3) is 0.571. The Kier molecular flexibility index (Phi) is 7.13. The predicted octanol–water partition coefficient (Wildman–Crippen LogP) is 3.32. The second-order valence-corrected chi connectivity index (χ2v) is 7.95. The van der Waals surface area contributed by atoms with Crippen molar-refractivity contribution in [3.8, 4) is 0 Å². The summed E-state index contributed by atoms with van der Waals surface area (Å²) in [5.74, 6) is -1.15. The van der Waals surface area contributed by atoms with Crippen molar-refractivity contribution in [2.75, 3.05) is 13.1 Å². The molecule has 1 aliphatic rings. The van der Waals surface area contributed by atoms with E-state index in [0.29, 0.717) is 36.7 Å². The molecule has 27 heavy (non-hydrogen) atoms. The molecule has 1 aliphatic heterocycles. The second kappa shape index (κ2) is 9.13. The van der Waals surface area contributed by atoms with Crippen molar-refractivity contribution < 1.29 is 19.5 Å². The highest BCUT2D eigenvalue weighted by Crippen LogP contribution is 2.23. The van der Waals surface area contributed by atoms with Crippen LogP contribution in [-0.2, 0) is 4.79 Å². The van der Waals surface area contributed by atoms with Gasteiger partial charge in [-0.25, -0.2) is 0 Å². The van der Waals surface area contributed by atoms with Crippen molar-refractivity contribution in [2.45, 2.75) is 58.9 Å². The van der Waals surface area contributed by atoms with E-state index in [1.807, 2.05) is 0 Å². The van der Waals surface area contributed by atoms with Gasteiger partial charge < -0.3 is 10.4 Å². The van der Waals surface area contributed by atoms with Crippen LogP contribution in [0.1, 0.15) is 73.6 Å². The molecule has 0 fully saturated rings. The van der Waals surface area contributed by atoms with E-state index < -0.39 is 11.4 Å². The minimum atomic E-state index is -0.773. The summed E-state index contributed by atoms with van der Waals surface area (Å²) in [6.45, 7) is 6.70. The summed E-state index contributed by atoms with van der Waals surface area (Å²) in [6, 6.07) is 7.27. The van der Waals surface area contributed by atoms with Gasteiger partial charge in [0.05, 0.1) is 16.5 Å². The van der Waals surface area contributed by atoms with Crippen LogP contribution in [0.2, 0.25) is 0 Å². The predicted molar refractivity (Wildman–Crippen MR) is 104 cm³/mol. The summed E-state index contributed by atoms with van der Waals surface area (Å²) < 4.78 is 0. The van der Waals surface area contributed by atoms with Crippen molar-refractivity contribution >= 4 is 17.8 Å². The summed E-state index contributed by atoms with van der Waals surface area (Å²) in [7, 11) is 0. The molecule has 1 unspecified atom stereocenters. The normalized spacial score (nSPS) is 15.1. The monoisotopic (exact) mass is 374 g/mol. The summed E-state index contributed by atoms with van der Waals surface area (Å²) >= 11 is 0. The van der Waals surface area contributed by atoms with Crippen molar-refractivity contribution in [3.63, 3.8) is 0 Å². The van der Waals surface area contributed by atoms with Gasteiger partial charge in [-0.05, 0) is 58.7 Å². The minimum absolute atomic E-state index is 0.188. The fourth-order valence-corrected chi connectivity index (χ4v) is 3.18. The van der Waals surface area contributed by atoms with Crippen LogP contribution in [0.25, 0.3) is 0 Å². The summed E-state index contributed by atoms with van der Waals surface area (Å²) in [5.41, 5.74) is 0.299. The number of aliphatic carboxylic acids is 1. The van der Waals surface area contributed by atoms with Crippen molar-refractivity contribution in [1.82, 2.24) is 10.2 Å². The van der Waals surface area contributed by atoms with Gasteiger partial charge in [0.25, 0.3) is 11.8 Å². The van der Waals surface area contributed by atoms with E-state index in [9.17, 15) is 14.4 Å². The third-order valence-electron chi connectivity index (χ3n) is 5.22. The van der Waals surface area contributed by atoms with Gasteiger partial charge in [-0.2, -0.15) is 0 Å². The maximum atomic E-state index is 12.3. The molecule has 6 heteroatoms. The van der Waals surface area contributed by atoms with Gasteiger partial charge in [0.15, 0.2) is 0 Å². The first-order valence-electron chi connectivity index (χ1n) is 9.66. The zero-order chi connectivity index (χ0) is 20.0. The number of carbonyl (C=O) groups excluding carboxylic acids is 2. The molecule has 0 aliphatic carbocycles. The second-order valence-electron chi connectivity index (χ2n) is 7.95. The van der Waals surface area contributed by atoms with E-state index >= 15 is 0 Å². The highest BCUT2D eigenvalue weighted by atomic mass is 16.4. The van der Waals surface area contributed by atoms with Gasteiger partial charge in [-0.15, -0.1) is 0 Å². The van der Waals surface area contributed by atoms with Crippen molar-refractivity contribution in [3.05, 3.63) is 35.4 Å². The highest BCUT2D eigenvalue weighted by Gasteiger charge is 2.34. The molecule has 6 nitrogen and oxygen atoms in total. The van der Waals surface area contributed by atoms with Gasteiger partial charge in [0.1, 0.15) is 0 Å². The topological polar surface area (TPSA) is 86.7 Å². The molecular weight excluding hydrogens is 344 g/mol. The Hall–Kier alpha value is -2.21. The van der Waals surface area contributed by atoms with Gasteiger partial charge in [-0.3, -0.25) is 19.3 Å². The Morgan fingerprint density at radius 1 is 1.11 bits per heavy atom. The van der Waals surface area contributed by atoms with E-state index in [4.69, 9.17) is 5.11 Å². The molecular formula is C21H30N2O4. The number of hydrogen-bond donors (Lipinski definition) is 2. The van der Waals surface area contributed by atoms with Crippen LogP contribution >= 0.6 is 0 Å². The van der Waals surface area contributed by atoms with E-state index in [2.05, 4.69) is 12.2 Å². The van der Waals surface area contributed by atoms with Crippen molar-refractivity contribution in [2.24, 2.45) is 5.41 Å². The number of carboxylic acid groups (broad SMARTS) is 1. The van der Waals surface area contributed by atoms with Gasteiger partial charge in [0.2, 0.25) is 0 Å². The zero-order valence-corrected chi connectivity index (χ0v) is 16.5. The Bertz CT molecular complexity index is 664. The lowest BCUT2D eigenvalue weighted by Crippen LogP contribution is -2.33.